The minimum Gasteiger partial charge on any atom is -0.480 e. The maximum atomic E-state index is 12.1. The molecule has 0 unspecified atom stereocenters. The summed E-state index contributed by atoms with van der Waals surface area (Å²) in [6, 6.07) is 5.78. The smallest absolute Gasteiger partial charge is 0.323 e. The van der Waals surface area contributed by atoms with Crippen LogP contribution in [0.25, 0.3) is 0 Å². The van der Waals surface area contributed by atoms with Gasteiger partial charge in [-0.3, -0.25) is 14.5 Å². The van der Waals surface area contributed by atoms with Crippen molar-refractivity contribution in [3.05, 3.63) is 29.3 Å². The van der Waals surface area contributed by atoms with Crippen molar-refractivity contribution in [2.45, 2.75) is 33.2 Å². The third-order valence-electron chi connectivity index (χ3n) is 3.60. The third kappa shape index (κ3) is 3.57. The Labute approximate surface area is 119 Å². The summed E-state index contributed by atoms with van der Waals surface area (Å²) >= 11 is 0. The first-order valence-electron chi connectivity index (χ1n) is 6.47. The zero-order valence-corrected chi connectivity index (χ0v) is 12.7. The predicted octanol–water partition coefficient (Wildman–Crippen LogP) is 2.04. The number of hydrogen-bond donors (Lipinski definition) is 2. The van der Waals surface area contributed by atoms with Gasteiger partial charge in [-0.05, 0) is 45.9 Å². The monoisotopic (exact) mass is 278 g/mol. The van der Waals surface area contributed by atoms with Crippen LogP contribution in [0.3, 0.4) is 0 Å². The van der Waals surface area contributed by atoms with E-state index in [2.05, 4.69) is 5.32 Å². The standard InChI is InChI=1S/C15H22N2O3/c1-10-7-6-8-11(2)13(10)16-12(18)9-17(5)15(3,4)14(19)20/h6-8H,9H2,1-5H3,(H,16,18)(H,19,20). The molecule has 1 aromatic rings. The Morgan fingerprint density at radius 1 is 1.25 bits per heavy atom. The number of carbonyl (C=O) groups is 2. The number of hydrogen-bond acceptors (Lipinski definition) is 3. The van der Waals surface area contributed by atoms with Crippen LogP contribution < -0.4 is 5.32 Å². The van der Waals surface area contributed by atoms with Gasteiger partial charge >= 0.3 is 5.97 Å². The first kappa shape index (κ1) is 16.2. The van der Waals surface area contributed by atoms with Crippen molar-refractivity contribution in [3.8, 4) is 0 Å². The van der Waals surface area contributed by atoms with Gasteiger partial charge in [-0.25, -0.2) is 0 Å². The second-order valence-electron chi connectivity index (χ2n) is 5.54. The molecule has 5 heteroatoms. The molecule has 0 bridgehead atoms. The number of likely N-dealkylation sites (N-methyl/N-ethyl adjacent to an activating group) is 1. The van der Waals surface area contributed by atoms with Gasteiger partial charge in [-0.1, -0.05) is 18.2 Å². The average molecular weight is 278 g/mol. The second kappa shape index (κ2) is 6.05. The van der Waals surface area contributed by atoms with Crippen molar-refractivity contribution in [2.75, 3.05) is 18.9 Å². The Bertz CT molecular complexity index is 504. The van der Waals surface area contributed by atoms with Gasteiger partial charge in [0.25, 0.3) is 0 Å². The number of amides is 1. The lowest BCUT2D eigenvalue weighted by atomic mass is 10.0. The van der Waals surface area contributed by atoms with Crippen molar-refractivity contribution in [1.29, 1.82) is 0 Å². The summed E-state index contributed by atoms with van der Waals surface area (Å²) in [6.45, 7) is 7.01. The molecule has 0 aliphatic carbocycles. The molecule has 0 fully saturated rings. The Balaban J connectivity index is 2.76. The van der Waals surface area contributed by atoms with Gasteiger partial charge in [-0.15, -0.1) is 0 Å². The summed E-state index contributed by atoms with van der Waals surface area (Å²) in [6.07, 6.45) is 0. The van der Waals surface area contributed by atoms with E-state index in [0.29, 0.717) is 0 Å². The highest BCUT2D eigenvalue weighted by molar-refractivity contribution is 5.94. The van der Waals surface area contributed by atoms with Crippen LogP contribution in [0.15, 0.2) is 18.2 Å². The van der Waals surface area contributed by atoms with E-state index in [0.717, 1.165) is 16.8 Å². The Morgan fingerprint density at radius 3 is 2.20 bits per heavy atom. The number of aliphatic carboxylic acids is 1. The largest absolute Gasteiger partial charge is 0.480 e. The Morgan fingerprint density at radius 2 is 1.75 bits per heavy atom. The van der Waals surface area contributed by atoms with E-state index in [9.17, 15) is 9.59 Å². The lowest BCUT2D eigenvalue weighted by Gasteiger charge is -2.30. The predicted molar refractivity (Wildman–Crippen MR) is 78.9 cm³/mol. The number of para-hydroxylation sites is 1. The van der Waals surface area contributed by atoms with E-state index in [1.54, 1.807) is 20.9 Å². The van der Waals surface area contributed by atoms with E-state index >= 15 is 0 Å². The number of rotatable bonds is 5. The highest BCUT2D eigenvalue weighted by atomic mass is 16.4. The number of aryl methyl sites for hydroxylation is 2. The van der Waals surface area contributed by atoms with Crippen molar-refractivity contribution < 1.29 is 14.7 Å². The molecule has 20 heavy (non-hydrogen) atoms. The lowest BCUT2D eigenvalue weighted by molar-refractivity contribution is -0.148. The molecule has 0 radical (unpaired) electrons. The molecule has 1 aromatic carbocycles. The van der Waals surface area contributed by atoms with Crippen LogP contribution >= 0.6 is 0 Å². The average Bonchev–Trinajstić information content (AvgIpc) is 2.33. The highest BCUT2D eigenvalue weighted by Crippen LogP contribution is 2.19. The molecule has 0 spiro atoms. The normalized spacial score (nSPS) is 11.5. The number of carboxylic acids is 1. The van der Waals surface area contributed by atoms with Gasteiger partial charge in [0, 0.05) is 5.69 Å². The Kier molecular flexibility index (Phi) is 4.89. The van der Waals surface area contributed by atoms with Crippen LogP contribution in [0.1, 0.15) is 25.0 Å². The van der Waals surface area contributed by atoms with Crippen LogP contribution in [0.2, 0.25) is 0 Å². The first-order chi connectivity index (χ1) is 9.16. The third-order valence-corrected chi connectivity index (χ3v) is 3.60. The summed E-state index contributed by atoms with van der Waals surface area (Å²) in [5.41, 5.74) is 1.68. The number of nitrogens with one attached hydrogen (secondary N) is 1. The van der Waals surface area contributed by atoms with Gasteiger partial charge in [0.15, 0.2) is 0 Å². The maximum absolute atomic E-state index is 12.1. The molecule has 0 saturated heterocycles. The number of carboxylic acid groups (broad SMARTS) is 1. The van der Waals surface area contributed by atoms with Crippen LogP contribution in [0.4, 0.5) is 5.69 Å². The Hall–Kier alpha value is -1.88. The van der Waals surface area contributed by atoms with Gasteiger partial charge in [0.2, 0.25) is 5.91 Å². The summed E-state index contributed by atoms with van der Waals surface area (Å²) < 4.78 is 0. The van der Waals surface area contributed by atoms with Crippen molar-refractivity contribution >= 4 is 17.6 Å². The fraction of sp³-hybridized carbons (Fsp3) is 0.467. The molecular formula is C15H22N2O3. The van der Waals surface area contributed by atoms with E-state index in [-0.39, 0.29) is 12.5 Å². The summed E-state index contributed by atoms with van der Waals surface area (Å²) in [5.74, 6) is -1.18. The molecule has 0 aliphatic heterocycles. The second-order valence-corrected chi connectivity index (χ2v) is 5.54. The number of anilines is 1. The van der Waals surface area contributed by atoms with Crippen LogP contribution in [0, 0.1) is 13.8 Å². The molecule has 110 valence electrons. The molecule has 0 saturated carbocycles. The zero-order chi connectivity index (χ0) is 15.5. The van der Waals surface area contributed by atoms with Crippen LogP contribution in [-0.2, 0) is 9.59 Å². The molecule has 0 heterocycles. The first-order valence-corrected chi connectivity index (χ1v) is 6.47. The lowest BCUT2D eigenvalue weighted by Crippen LogP contribution is -2.50. The topological polar surface area (TPSA) is 69.6 Å². The number of benzene rings is 1. The SMILES string of the molecule is Cc1cccc(C)c1NC(=O)CN(C)C(C)(C)C(=O)O. The van der Waals surface area contributed by atoms with E-state index in [1.165, 1.54) is 4.90 Å². The van der Waals surface area contributed by atoms with Gasteiger partial charge < -0.3 is 10.4 Å². The highest BCUT2D eigenvalue weighted by Gasteiger charge is 2.33. The van der Waals surface area contributed by atoms with Crippen LogP contribution in [0.5, 0.6) is 0 Å². The quantitative estimate of drug-likeness (QED) is 0.864. The number of carbonyl (C=O) groups excluding carboxylic acids is 1. The minimum atomic E-state index is -1.09. The van der Waals surface area contributed by atoms with Crippen LogP contribution in [-0.4, -0.2) is 41.0 Å². The molecule has 2 N–H and O–H groups in total. The molecule has 1 rings (SSSR count). The summed E-state index contributed by atoms with van der Waals surface area (Å²) in [5, 5.41) is 12.0. The van der Waals surface area contributed by atoms with Crippen molar-refractivity contribution in [1.82, 2.24) is 4.90 Å². The molecule has 1 amide bonds. The minimum absolute atomic E-state index is 0.0209. The summed E-state index contributed by atoms with van der Waals surface area (Å²) in [7, 11) is 1.62. The summed E-state index contributed by atoms with van der Waals surface area (Å²) in [4.78, 5) is 24.7. The molecule has 0 atom stereocenters. The number of nitrogens with zero attached hydrogens (tertiary/aromatic N) is 1. The van der Waals surface area contributed by atoms with Gasteiger partial charge in [-0.2, -0.15) is 0 Å². The maximum Gasteiger partial charge on any atom is 0.323 e. The van der Waals surface area contributed by atoms with E-state index in [4.69, 9.17) is 5.11 Å². The molecular weight excluding hydrogens is 256 g/mol. The molecule has 0 aromatic heterocycles. The molecule has 5 nitrogen and oxygen atoms in total. The fourth-order valence-electron chi connectivity index (χ4n) is 1.77. The van der Waals surface area contributed by atoms with Crippen molar-refractivity contribution in [2.24, 2.45) is 0 Å². The van der Waals surface area contributed by atoms with E-state index < -0.39 is 11.5 Å². The zero-order valence-electron chi connectivity index (χ0n) is 12.7. The van der Waals surface area contributed by atoms with E-state index in [1.807, 2.05) is 32.0 Å². The van der Waals surface area contributed by atoms with Gasteiger partial charge in [0.1, 0.15) is 5.54 Å². The molecule has 0 aliphatic rings. The fourth-order valence-corrected chi connectivity index (χ4v) is 1.77. The van der Waals surface area contributed by atoms with Gasteiger partial charge in [0.05, 0.1) is 6.54 Å². The van der Waals surface area contributed by atoms with Crippen molar-refractivity contribution in [3.63, 3.8) is 0 Å².